The molecular formula is C14H17NO. The first kappa shape index (κ1) is 12.3. The lowest BCUT2D eigenvalue weighted by molar-refractivity contribution is 0.414. The van der Waals surface area contributed by atoms with Crippen LogP contribution in [0.1, 0.15) is 25.3 Å². The third kappa shape index (κ3) is 2.64. The number of ether oxygens (including phenoxy) is 1. The largest absolute Gasteiger partial charge is 0.497 e. The zero-order valence-electron chi connectivity index (χ0n) is 9.86. The second-order valence-corrected chi connectivity index (χ2v) is 4.01. The lowest BCUT2D eigenvalue weighted by Gasteiger charge is -2.25. The van der Waals surface area contributed by atoms with Crippen LogP contribution in [0.3, 0.4) is 0 Å². The molecule has 0 bridgehead atoms. The van der Waals surface area contributed by atoms with Gasteiger partial charge in [0.25, 0.3) is 0 Å². The van der Waals surface area contributed by atoms with Crippen molar-refractivity contribution in [3.8, 4) is 11.8 Å². The summed E-state index contributed by atoms with van der Waals surface area (Å²) in [5, 5.41) is 8.65. The monoisotopic (exact) mass is 215 g/mol. The van der Waals surface area contributed by atoms with Gasteiger partial charge in [0.05, 0.1) is 13.2 Å². The van der Waals surface area contributed by atoms with Crippen LogP contribution < -0.4 is 4.74 Å². The minimum absolute atomic E-state index is 0.137. The summed E-state index contributed by atoms with van der Waals surface area (Å²) in [4.78, 5) is 0. The van der Waals surface area contributed by atoms with Gasteiger partial charge >= 0.3 is 0 Å². The van der Waals surface area contributed by atoms with Crippen LogP contribution >= 0.6 is 0 Å². The van der Waals surface area contributed by atoms with Gasteiger partial charge in [-0.1, -0.05) is 25.1 Å². The van der Waals surface area contributed by atoms with Gasteiger partial charge in [0.2, 0.25) is 0 Å². The minimum Gasteiger partial charge on any atom is -0.497 e. The van der Waals surface area contributed by atoms with Crippen molar-refractivity contribution in [1.82, 2.24) is 0 Å². The molecule has 1 unspecified atom stereocenters. The molecule has 0 spiro atoms. The summed E-state index contributed by atoms with van der Waals surface area (Å²) in [5.41, 5.74) is 1.03. The summed E-state index contributed by atoms with van der Waals surface area (Å²) in [5.74, 6) is 0.843. The highest BCUT2D eigenvalue weighted by molar-refractivity contribution is 5.34. The van der Waals surface area contributed by atoms with Crippen LogP contribution in [-0.2, 0) is 5.41 Å². The molecule has 0 fully saturated rings. The molecule has 2 nitrogen and oxygen atoms in total. The number of benzene rings is 1. The molecule has 0 aliphatic heterocycles. The molecule has 1 rings (SSSR count). The smallest absolute Gasteiger partial charge is 0.118 e. The fraction of sp³-hybridized carbons (Fsp3) is 0.357. The average Bonchev–Trinajstić information content (AvgIpc) is 2.36. The van der Waals surface area contributed by atoms with E-state index in [0.29, 0.717) is 6.42 Å². The van der Waals surface area contributed by atoms with Gasteiger partial charge in [0, 0.05) is 11.8 Å². The number of hydrogen-bond donors (Lipinski definition) is 0. The van der Waals surface area contributed by atoms with E-state index in [1.54, 1.807) is 7.11 Å². The summed E-state index contributed by atoms with van der Waals surface area (Å²) < 4.78 is 5.12. The Hall–Kier alpha value is -1.75. The van der Waals surface area contributed by atoms with Gasteiger partial charge in [-0.3, -0.25) is 0 Å². The minimum atomic E-state index is -0.137. The van der Waals surface area contributed by atoms with Crippen molar-refractivity contribution >= 4 is 0 Å². The van der Waals surface area contributed by atoms with Gasteiger partial charge in [0.15, 0.2) is 0 Å². The maximum Gasteiger partial charge on any atom is 0.118 e. The standard InChI is InChI=1S/C14H17NO/c1-4-14(2,10-5-11-15)12-6-8-13(16-3)9-7-12/h4,6-9H,1,5,10H2,2-3H3. The molecule has 0 aliphatic carbocycles. The zero-order chi connectivity index (χ0) is 12.0. The zero-order valence-corrected chi connectivity index (χ0v) is 9.86. The Balaban J connectivity index is 2.94. The second-order valence-electron chi connectivity index (χ2n) is 4.01. The summed E-state index contributed by atoms with van der Waals surface area (Å²) in [6.07, 6.45) is 3.24. The van der Waals surface area contributed by atoms with E-state index in [1.807, 2.05) is 30.3 Å². The molecular weight excluding hydrogens is 198 g/mol. The van der Waals surface area contributed by atoms with E-state index in [-0.39, 0.29) is 5.41 Å². The van der Waals surface area contributed by atoms with Crippen LogP contribution in [0.4, 0.5) is 0 Å². The summed E-state index contributed by atoms with van der Waals surface area (Å²) in [7, 11) is 1.65. The van der Waals surface area contributed by atoms with Gasteiger partial charge in [-0.15, -0.1) is 6.58 Å². The number of nitriles is 1. The molecule has 0 aromatic heterocycles. The SMILES string of the molecule is C=CC(C)(CCC#N)c1ccc(OC)cc1. The van der Waals surface area contributed by atoms with Crippen LogP contribution in [0.15, 0.2) is 36.9 Å². The van der Waals surface area contributed by atoms with Gasteiger partial charge in [-0.25, -0.2) is 0 Å². The number of nitrogens with zero attached hydrogens (tertiary/aromatic N) is 1. The Morgan fingerprint density at radius 1 is 1.44 bits per heavy atom. The molecule has 2 heteroatoms. The quantitative estimate of drug-likeness (QED) is 0.705. The van der Waals surface area contributed by atoms with Crippen LogP contribution in [0.5, 0.6) is 5.75 Å². The van der Waals surface area contributed by atoms with Gasteiger partial charge in [-0.05, 0) is 24.1 Å². The van der Waals surface area contributed by atoms with E-state index < -0.39 is 0 Å². The summed E-state index contributed by atoms with van der Waals surface area (Å²) >= 11 is 0. The molecule has 0 N–H and O–H groups in total. The molecule has 0 saturated carbocycles. The fourth-order valence-corrected chi connectivity index (χ4v) is 1.65. The molecule has 1 atom stereocenters. The predicted octanol–water partition coefficient (Wildman–Crippen LogP) is 3.44. The van der Waals surface area contributed by atoms with Crippen LogP contribution in [-0.4, -0.2) is 7.11 Å². The number of methoxy groups -OCH3 is 1. The second kappa shape index (κ2) is 5.37. The lowest BCUT2D eigenvalue weighted by Crippen LogP contribution is -2.18. The van der Waals surface area contributed by atoms with Crippen molar-refractivity contribution in [1.29, 1.82) is 5.26 Å². The Kier molecular flexibility index (Phi) is 4.13. The van der Waals surface area contributed by atoms with Crippen molar-refractivity contribution in [2.75, 3.05) is 7.11 Å². The molecule has 0 aliphatic rings. The molecule has 0 radical (unpaired) electrons. The predicted molar refractivity (Wildman–Crippen MR) is 65.4 cm³/mol. The molecule has 1 aromatic carbocycles. The van der Waals surface area contributed by atoms with Crippen molar-refractivity contribution in [2.45, 2.75) is 25.2 Å². The van der Waals surface area contributed by atoms with Crippen molar-refractivity contribution in [3.05, 3.63) is 42.5 Å². The molecule has 84 valence electrons. The van der Waals surface area contributed by atoms with Crippen molar-refractivity contribution in [3.63, 3.8) is 0 Å². The molecule has 0 heterocycles. The maximum atomic E-state index is 8.65. The highest BCUT2D eigenvalue weighted by Crippen LogP contribution is 2.31. The third-order valence-corrected chi connectivity index (χ3v) is 2.96. The first-order valence-corrected chi connectivity index (χ1v) is 5.31. The first-order valence-electron chi connectivity index (χ1n) is 5.31. The van der Waals surface area contributed by atoms with Gasteiger partial charge in [0.1, 0.15) is 5.75 Å². The van der Waals surface area contributed by atoms with E-state index >= 15 is 0 Å². The molecule has 0 amide bonds. The van der Waals surface area contributed by atoms with Crippen molar-refractivity contribution in [2.24, 2.45) is 0 Å². The van der Waals surface area contributed by atoms with E-state index in [4.69, 9.17) is 10.00 Å². The summed E-state index contributed by atoms with van der Waals surface area (Å²) in [6.45, 7) is 5.96. The van der Waals surface area contributed by atoms with E-state index in [0.717, 1.165) is 12.2 Å². The summed E-state index contributed by atoms with van der Waals surface area (Å²) in [6, 6.07) is 10.1. The highest BCUT2D eigenvalue weighted by atomic mass is 16.5. The number of allylic oxidation sites excluding steroid dienone is 1. The van der Waals surface area contributed by atoms with Gasteiger partial charge in [-0.2, -0.15) is 5.26 Å². The normalized spacial score (nSPS) is 13.6. The Morgan fingerprint density at radius 3 is 2.50 bits per heavy atom. The Morgan fingerprint density at radius 2 is 2.06 bits per heavy atom. The molecule has 16 heavy (non-hydrogen) atoms. The average molecular weight is 215 g/mol. The first-order chi connectivity index (χ1) is 7.66. The molecule has 1 aromatic rings. The van der Waals surface area contributed by atoms with Gasteiger partial charge < -0.3 is 4.74 Å². The maximum absolute atomic E-state index is 8.65. The highest BCUT2D eigenvalue weighted by Gasteiger charge is 2.22. The Labute approximate surface area is 97.2 Å². The number of rotatable bonds is 5. The topological polar surface area (TPSA) is 33.0 Å². The molecule has 0 saturated heterocycles. The van der Waals surface area contributed by atoms with E-state index in [2.05, 4.69) is 19.6 Å². The third-order valence-electron chi connectivity index (χ3n) is 2.96. The fourth-order valence-electron chi connectivity index (χ4n) is 1.65. The van der Waals surface area contributed by atoms with Crippen LogP contribution in [0, 0.1) is 11.3 Å². The van der Waals surface area contributed by atoms with E-state index in [9.17, 15) is 0 Å². The Bertz CT molecular complexity index is 388. The van der Waals surface area contributed by atoms with E-state index in [1.165, 1.54) is 5.56 Å². The van der Waals surface area contributed by atoms with Crippen LogP contribution in [0.2, 0.25) is 0 Å². The van der Waals surface area contributed by atoms with Crippen molar-refractivity contribution < 1.29 is 4.74 Å². The lowest BCUT2D eigenvalue weighted by atomic mass is 9.79. The number of hydrogen-bond acceptors (Lipinski definition) is 2. The van der Waals surface area contributed by atoms with Crippen LogP contribution in [0.25, 0.3) is 0 Å².